The lowest BCUT2D eigenvalue weighted by atomic mass is 10.1. The van der Waals surface area contributed by atoms with E-state index in [0.717, 1.165) is 11.3 Å². The van der Waals surface area contributed by atoms with Gasteiger partial charge in [0.25, 0.3) is 11.8 Å². The zero-order valence-corrected chi connectivity index (χ0v) is 15.5. The van der Waals surface area contributed by atoms with Gasteiger partial charge in [-0.25, -0.2) is 0 Å². The van der Waals surface area contributed by atoms with Gasteiger partial charge >= 0.3 is 0 Å². The first kappa shape index (κ1) is 18.4. The number of nitrogens with zero attached hydrogens (tertiary/aromatic N) is 1. The Morgan fingerprint density at radius 3 is 2.07 bits per heavy atom. The fraction of sp³-hybridized carbons (Fsp3) is 0.130. The summed E-state index contributed by atoms with van der Waals surface area (Å²) in [5.41, 5.74) is 3.79. The number of aryl methyl sites for hydroxylation is 1. The lowest BCUT2D eigenvalue weighted by Crippen LogP contribution is -2.31. The summed E-state index contributed by atoms with van der Waals surface area (Å²) in [6.07, 6.45) is 0. The summed E-state index contributed by atoms with van der Waals surface area (Å²) < 4.78 is 0. The summed E-state index contributed by atoms with van der Waals surface area (Å²) in [6.45, 7) is 4.53. The second kappa shape index (κ2) is 8.32. The fourth-order valence-corrected chi connectivity index (χ4v) is 2.93. The first-order valence-electron chi connectivity index (χ1n) is 8.94. The van der Waals surface area contributed by atoms with Gasteiger partial charge in [-0.05, 0) is 61.9 Å². The van der Waals surface area contributed by atoms with Crippen LogP contribution < -0.4 is 10.2 Å². The number of carbonyl (C=O) groups excluding carboxylic acids is 2. The standard InChI is InChI=1S/C23H22N2O2/c1-3-25(21-12-8-7-9-17(21)2)23(27)19-13-15-20(16-14-19)24-22(26)18-10-5-4-6-11-18/h4-16H,3H2,1-2H3,(H,24,26). The Bertz CT molecular complexity index is 934. The van der Waals surface area contributed by atoms with Gasteiger partial charge in [-0.15, -0.1) is 0 Å². The minimum absolute atomic E-state index is 0.0623. The Morgan fingerprint density at radius 2 is 1.44 bits per heavy atom. The van der Waals surface area contributed by atoms with Crippen LogP contribution in [0.3, 0.4) is 0 Å². The molecule has 0 aliphatic rings. The van der Waals surface area contributed by atoms with E-state index in [4.69, 9.17) is 0 Å². The van der Waals surface area contributed by atoms with Crippen molar-refractivity contribution in [3.63, 3.8) is 0 Å². The molecule has 3 aromatic rings. The van der Waals surface area contributed by atoms with Gasteiger partial charge in [-0.1, -0.05) is 36.4 Å². The van der Waals surface area contributed by atoms with Gasteiger partial charge < -0.3 is 10.2 Å². The number of nitrogens with one attached hydrogen (secondary N) is 1. The number of hydrogen-bond acceptors (Lipinski definition) is 2. The molecule has 2 amide bonds. The van der Waals surface area contributed by atoms with Crippen molar-refractivity contribution < 1.29 is 9.59 Å². The van der Waals surface area contributed by atoms with Crippen molar-refractivity contribution in [2.75, 3.05) is 16.8 Å². The van der Waals surface area contributed by atoms with E-state index < -0.39 is 0 Å². The van der Waals surface area contributed by atoms with E-state index in [0.29, 0.717) is 23.4 Å². The molecule has 0 aliphatic carbocycles. The molecule has 136 valence electrons. The Morgan fingerprint density at radius 1 is 0.815 bits per heavy atom. The van der Waals surface area contributed by atoms with E-state index in [-0.39, 0.29) is 11.8 Å². The zero-order chi connectivity index (χ0) is 19.2. The highest BCUT2D eigenvalue weighted by molar-refractivity contribution is 6.07. The number of anilines is 2. The van der Waals surface area contributed by atoms with Gasteiger partial charge in [-0.3, -0.25) is 9.59 Å². The number of para-hydroxylation sites is 1. The lowest BCUT2D eigenvalue weighted by molar-refractivity contribution is 0.0987. The molecule has 0 aliphatic heterocycles. The quantitative estimate of drug-likeness (QED) is 0.704. The van der Waals surface area contributed by atoms with Crippen LogP contribution in [0.4, 0.5) is 11.4 Å². The SMILES string of the molecule is CCN(C(=O)c1ccc(NC(=O)c2ccccc2)cc1)c1ccccc1C. The normalized spacial score (nSPS) is 10.3. The van der Waals surface area contributed by atoms with Crippen molar-refractivity contribution in [1.82, 2.24) is 0 Å². The topological polar surface area (TPSA) is 49.4 Å². The van der Waals surface area contributed by atoms with Crippen molar-refractivity contribution in [1.29, 1.82) is 0 Å². The van der Waals surface area contributed by atoms with Crippen LogP contribution in [0.25, 0.3) is 0 Å². The van der Waals surface area contributed by atoms with E-state index in [2.05, 4.69) is 5.32 Å². The van der Waals surface area contributed by atoms with Gasteiger partial charge in [0.2, 0.25) is 0 Å². The third-order valence-corrected chi connectivity index (χ3v) is 4.39. The van der Waals surface area contributed by atoms with E-state index in [1.165, 1.54) is 0 Å². The molecule has 4 nitrogen and oxygen atoms in total. The van der Waals surface area contributed by atoms with Gasteiger partial charge in [0.1, 0.15) is 0 Å². The maximum Gasteiger partial charge on any atom is 0.258 e. The molecule has 0 fully saturated rings. The molecule has 0 heterocycles. The van der Waals surface area contributed by atoms with E-state index >= 15 is 0 Å². The molecule has 0 saturated carbocycles. The number of amides is 2. The molecule has 4 heteroatoms. The van der Waals surface area contributed by atoms with E-state index in [9.17, 15) is 9.59 Å². The second-order valence-corrected chi connectivity index (χ2v) is 6.23. The highest BCUT2D eigenvalue weighted by Gasteiger charge is 2.17. The highest BCUT2D eigenvalue weighted by Crippen LogP contribution is 2.22. The second-order valence-electron chi connectivity index (χ2n) is 6.23. The van der Waals surface area contributed by atoms with Crippen LogP contribution in [0.15, 0.2) is 78.9 Å². The molecular weight excluding hydrogens is 336 g/mol. The third kappa shape index (κ3) is 4.23. The minimum atomic E-state index is -0.176. The fourth-order valence-electron chi connectivity index (χ4n) is 2.93. The number of rotatable bonds is 5. The predicted molar refractivity (Wildman–Crippen MR) is 109 cm³/mol. The van der Waals surface area contributed by atoms with Crippen molar-refractivity contribution in [3.05, 3.63) is 95.6 Å². The smallest absolute Gasteiger partial charge is 0.258 e. The van der Waals surface area contributed by atoms with Gasteiger partial charge in [0, 0.05) is 29.0 Å². The van der Waals surface area contributed by atoms with Crippen molar-refractivity contribution in [2.45, 2.75) is 13.8 Å². The van der Waals surface area contributed by atoms with Crippen molar-refractivity contribution in [3.8, 4) is 0 Å². The van der Waals surface area contributed by atoms with Crippen LogP contribution in [0, 0.1) is 6.92 Å². The molecule has 0 aromatic heterocycles. The summed E-state index contributed by atoms with van der Waals surface area (Å²) in [4.78, 5) is 26.9. The molecule has 0 spiro atoms. The summed E-state index contributed by atoms with van der Waals surface area (Å²) >= 11 is 0. The maximum absolute atomic E-state index is 12.9. The summed E-state index contributed by atoms with van der Waals surface area (Å²) in [5, 5.41) is 2.84. The Kier molecular flexibility index (Phi) is 5.67. The first-order valence-corrected chi connectivity index (χ1v) is 8.94. The lowest BCUT2D eigenvalue weighted by Gasteiger charge is -2.23. The first-order chi connectivity index (χ1) is 13.1. The average molecular weight is 358 g/mol. The summed E-state index contributed by atoms with van der Waals surface area (Å²) in [7, 11) is 0. The monoisotopic (exact) mass is 358 g/mol. The summed E-state index contributed by atoms with van der Waals surface area (Å²) in [6, 6.07) is 23.8. The molecule has 1 N–H and O–H groups in total. The molecule has 0 saturated heterocycles. The van der Waals surface area contributed by atoms with Crippen LogP contribution in [-0.2, 0) is 0 Å². The molecule has 0 unspecified atom stereocenters. The molecule has 0 radical (unpaired) electrons. The van der Waals surface area contributed by atoms with Crippen LogP contribution in [0.1, 0.15) is 33.2 Å². The number of hydrogen-bond donors (Lipinski definition) is 1. The zero-order valence-electron chi connectivity index (χ0n) is 15.5. The van der Waals surface area contributed by atoms with Gasteiger partial charge in [0.05, 0.1) is 0 Å². The van der Waals surface area contributed by atoms with Crippen LogP contribution in [0.5, 0.6) is 0 Å². The van der Waals surface area contributed by atoms with Gasteiger partial charge in [0.15, 0.2) is 0 Å². The van der Waals surface area contributed by atoms with Crippen molar-refractivity contribution in [2.24, 2.45) is 0 Å². The molecule has 3 rings (SSSR count). The van der Waals surface area contributed by atoms with Crippen LogP contribution >= 0.6 is 0 Å². The Balaban J connectivity index is 1.75. The highest BCUT2D eigenvalue weighted by atomic mass is 16.2. The summed E-state index contributed by atoms with van der Waals surface area (Å²) in [5.74, 6) is -0.238. The molecule has 0 atom stereocenters. The van der Waals surface area contributed by atoms with Crippen molar-refractivity contribution >= 4 is 23.2 Å². The maximum atomic E-state index is 12.9. The largest absolute Gasteiger partial charge is 0.322 e. The molecule has 27 heavy (non-hydrogen) atoms. The van der Waals surface area contributed by atoms with Crippen LogP contribution in [-0.4, -0.2) is 18.4 Å². The Hall–Kier alpha value is -3.40. The van der Waals surface area contributed by atoms with E-state index in [1.807, 2.05) is 56.3 Å². The van der Waals surface area contributed by atoms with Crippen LogP contribution in [0.2, 0.25) is 0 Å². The number of benzene rings is 3. The average Bonchev–Trinajstić information content (AvgIpc) is 2.71. The Labute approximate surface area is 159 Å². The third-order valence-electron chi connectivity index (χ3n) is 4.39. The predicted octanol–water partition coefficient (Wildman–Crippen LogP) is 4.91. The number of carbonyl (C=O) groups is 2. The van der Waals surface area contributed by atoms with Gasteiger partial charge in [-0.2, -0.15) is 0 Å². The molecule has 3 aromatic carbocycles. The van der Waals surface area contributed by atoms with E-state index in [1.54, 1.807) is 41.3 Å². The molecular formula is C23H22N2O2. The minimum Gasteiger partial charge on any atom is -0.322 e. The molecule has 0 bridgehead atoms.